The van der Waals surface area contributed by atoms with Gasteiger partial charge in [-0.1, -0.05) is 0 Å². The lowest BCUT2D eigenvalue weighted by Crippen LogP contribution is -2.36. The van der Waals surface area contributed by atoms with Crippen molar-refractivity contribution in [3.8, 4) is 17.2 Å². The fourth-order valence-corrected chi connectivity index (χ4v) is 4.70. The standard InChI is InChI=1S/C26H33FN2O5/c1-5-33-23-13-19-14-28(15-20(19)24(27)26(23)34-6-2)16-22(30)18-11-17(3)25(31-4)21(12-18)29-7-9-32-10-8-29/h11-13H,5-10,14-16H2,1-4H3. The molecule has 0 aliphatic carbocycles. The quantitative estimate of drug-likeness (QED) is 0.512. The number of hydrogen-bond donors (Lipinski definition) is 0. The Hall–Kier alpha value is -2.84. The third-order valence-corrected chi connectivity index (χ3v) is 6.25. The van der Waals surface area contributed by atoms with Crippen molar-refractivity contribution in [2.75, 3.05) is 58.1 Å². The first-order valence-electron chi connectivity index (χ1n) is 11.8. The Morgan fingerprint density at radius 1 is 1.06 bits per heavy atom. The van der Waals surface area contributed by atoms with E-state index in [4.69, 9.17) is 18.9 Å². The number of rotatable bonds is 9. The summed E-state index contributed by atoms with van der Waals surface area (Å²) in [6.45, 7) is 10.2. The first kappa shape index (κ1) is 24.3. The zero-order valence-corrected chi connectivity index (χ0v) is 20.4. The fraction of sp³-hybridized carbons (Fsp3) is 0.500. The summed E-state index contributed by atoms with van der Waals surface area (Å²) in [6.07, 6.45) is 0. The molecule has 0 spiro atoms. The van der Waals surface area contributed by atoms with Crippen molar-refractivity contribution in [3.63, 3.8) is 0 Å². The molecule has 0 unspecified atom stereocenters. The van der Waals surface area contributed by atoms with Gasteiger partial charge in [0.2, 0.25) is 0 Å². The number of morpholine rings is 1. The maximum absolute atomic E-state index is 15.2. The summed E-state index contributed by atoms with van der Waals surface area (Å²) >= 11 is 0. The van der Waals surface area contributed by atoms with Crippen LogP contribution in [0, 0.1) is 12.7 Å². The van der Waals surface area contributed by atoms with E-state index >= 15 is 4.39 Å². The Kier molecular flexibility index (Phi) is 7.58. The van der Waals surface area contributed by atoms with Crippen LogP contribution in [0.4, 0.5) is 10.1 Å². The molecule has 7 nitrogen and oxygen atoms in total. The molecule has 4 rings (SSSR count). The molecule has 1 fully saturated rings. The van der Waals surface area contributed by atoms with Crippen molar-refractivity contribution in [3.05, 3.63) is 46.3 Å². The van der Waals surface area contributed by atoms with Crippen LogP contribution < -0.4 is 19.1 Å². The highest BCUT2D eigenvalue weighted by Gasteiger charge is 2.29. The van der Waals surface area contributed by atoms with Crippen molar-refractivity contribution in [1.82, 2.24) is 4.90 Å². The molecule has 0 aromatic heterocycles. The number of halogens is 1. The summed E-state index contributed by atoms with van der Waals surface area (Å²) in [5, 5.41) is 0. The molecule has 1 saturated heterocycles. The van der Waals surface area contributed by atoms with Gasteiger partial charge in [-0.15, -0.1) is 0 Å². The molecule has 0 radical (unpaired) electrons. The van der Waals surface area contributed by atoms with E-state index in [1.807, 2.05) is 43.9 Å². The Labute approximate surface area is 200 Å². The van der Waals surface area contributed by atoms with Crippen molar-refractivity contribution in [1.29, 1.82) is 0 Å². The van der Waals surface area contributed by atoms with Crippen LogP contribution in [0.15, 0.2) is 18.2 Å². The zero-order chi connectivity index (χ0) is 24.2. The molecule has 2 aliphatic heterocycles. The SMILES string of the molecule is CCOc1cc2c(c(F)c1OCC)CN(CC(=O)c1cc(C)c(OC)c(N3CCOCC3)c1)C2. The minimum Gasteiger partial charge on any atom is -0.494 e. The number of nitrogens with zero attached hydrogens (tertiary/aromatic N) is 2. The molecule has 0 atom stereocenters. The van der Waals surface area contributed by atoms with Gasteiger partial charge >= 0.3 is 0 Å². The Morgan fingerprint density at radius 3 is 2.47 bits per heavy atom. The van der Waals surface area contributed by atoms with Gasteiger partial charge < -0.3 is 23.8 Å². The molecular formula is C26H33FN2O5. The molecule has 2 aliphatic rings. The Balaban J connectivity index is 1.55. The number of carbonyl (C=O) groups is 1. The van der Waals surface area contributed by atoms with Crippen LogP contribution >= 0.6 is 0 Å². The number of hydrogen-bond acceptors (Lipinski definition) is 7. The normalized spacial score (nSPS) is 15.9. The topological polar surface area (TPSA) is 60.5 Å². The second-order valence-electron chi connectivity index (χ2n) is 8.53. The number of ketones is 1. The summed E-state index contributed by atoms with van der Waals surface area (Å²) in [6, 6.07) is 5.62. The number of Topliss-reactive ketones (excluding diaryl/α,β-unsaturated/α-hetero) is 1. The molecule has 8 heteroatoms. The van der Waals surface area contributed by atoms with Gasteiger partial charge in [0.15, 0.2) is 23.1 Å². The third-order valence-electron chi connectivity index (χ3n) is 6.25. The predicted octanol–water partition coefficient (Wildman–Crippen LogP) is 3.98. The highest BCUT2D eigenvalue weighted by Crippen LogP contribution is 2.39. The minimum atomic E-state index is -0.396. The molecule has 0 saturated carbocycles. The van der Waals surface area contributed by atoms with E-state index < -0.39 is 5.82 Å². The van der Waals surface area contributed by atoms with Gasteiger partial charge in [0, 0.05) is 37.3 Å². The van der Waals surface area contributed by atoms with E-state index in [1.165, 1.54) is 0 Å². The van der Waals surface area contributed by atoms with Gasteiger partial charge in [0.1, 0.15) is 5.75 Å². The monoisotopic (exact) mass is 472 g/mol. The molecule has 0 amide bonds. The number of benzene rings is 2. The van der Waals surface area contributed by atoms with E-state index in [9.17, 15) is 4.79 Å². The van der Waals surface area contributed by atoms with Crippen molar-refractivity contribution in [2.45, 2.75) is 33.9 Å². The molecule has 0 bridgehead atoms. The number of methoxy groups -OCH3 is 1. The smallest absolute Gasteiger partial charge is 0.197 e. The van der Waals surface area contributed by atoms with Crippen molar-refractivity contribution in [2.24, 2.45) is 0 Å². The largest absolute Gasteiger partial charge is 0.494 e. The summed E-state index contributed by atoms with van der Waals surface area (Å²) in [4.78, 5) is 17.4. The van der Waals surface area contributed by atoms with Gasteiger partial charge in [0.25, 0.3) is 0 Å². The Bertz CT molecular complexity index is 1050. The van der Waals surface area contributed by atoms with Gasteiger partial charge in [-0.05, 0) is 50.1 Å². The van der Waals surface area contributed by atoms with Gasteiger partial charge in [0.05, 0.1) is 45.8 Å². The number of aryl methyl sites for hydroxylation is 1. The second kappa shape index (κ2) is 10.6. The summed E-state index contributed by atoms with van der Waals surface area (Å²) in [5.41, 5.74) is 3.85. The summed E-state index contributed by atoms with van der Waals surface area (Å²) in [7, 11) is 1.65. The van der Waals surface area contributed by atoms with E-state index in [-0.39, 0.29) is 18.1 Å². The fourth-order valence-electron chi connectivity index (χ4n) is 4.70. The van der Waals surface area contributed by atoms with E-state index in [1.54, 1.807) is 7.11 Å². The highest BCUT2D eigenvalue weighted by atomic mass is 19.1. The molecular weight excluding hydrogens is 439 g/mol. The molecule has 2 aromatic carbocycles. The van der Waals surface area contributed by atoms with Crippen LogP contribution in [0.5, 0.6) is 17.2 Å². The van der Waals surface area contributed by atoms with Crippen LogP contribution in [0.1, 0.15) is 40.9 Å². The lowest BCUT2D eigenvalue weighted by Gasteiger charge is -2.31. The summed E-state index contributed by atoms with van der Waals surface area (Å²) < 4.78 is 37.5. The number of carbonyl (C=O) groups excluding carboxylic acids is 1. The van der Waals surface area contributed by atoms with Crippen LogP contribution in [0.25, 0.3) is 0 Å². The van der Waals surface area contributed by atoms with Crippen LogP contribution in [0.3, 0.4) is 0 Å². The average molecular weight is 473 g/mol. The predicted molar refractivity (Wildman–Crippen MR) is 128 cm³/mol. The van der Waals surface area contributed by atoms with E-state index in [2.05, 4.69) is 4.90 Å². The lowest BCUT2D eigenvalue weighted by molar-refractivity contribution is 0.0929. The summed E-state index contributed by atoms with van der Waals surface area (Å²) in [5.74, 6) is 0.934. The zero-order valence-electron chi connectivity index (χ0n) is 20.4. The number of anilines is 1. The number of ether oxygens (including phenoxy) is 4. The maximum atomic E-state index is 15.2. The third kappa shape index (κ3) is 4.83. The van der Waals surface area contributed by atoms with Crippen LogP contribution in [-0.4, -0.2) is 63.9 Å². The first-order chi connectivity index (χ1) is 16.5. The molecule has 34 heavy (non-hydrogen) atoms. The second-order valence-corrected chi connectivity index (χ2v) is 8.53. The van der Waals surface area contributed by atoms with Gasteiger partial charge in [-0.3, -0.25) is 9.69 Å². The van der Waals surface area contributed by atoms with Crippen LogP contribution in [-0.2, 0) is 17.8 Å². The van der Waals surface area contributed by atoms with Gasteiger partial charge in [-0.2, -0.15) is 0 Å². The van der Waals surface area contributed by atoms with Gasteiger partial charge in [-0.25, -0.2) is 4.39 Å². The maximum Gasteiger partial charge on any atom is 0.197 e. The number of fused-ring (bicyclic) bond motifs is 1. The van der Waals surface area contributed by atoms with E-state index in [0.29, 0.717) is 56.4 Å². The molecule has 184 valence electrons. The highest BCUT2D eigenvalue weighted by molar-refractivity contribution is 5.99. The van der Waals surface area contributed by atoms with E-state index in [0.717, 1.165) is 35.7 Å². The Morgan fingerprint density at radius 2 is 1.79 bits per heavy atom. The van der Waals surface area contributed by atoms with Crippen LogP contribution in [0.2, 0.25) is 0 Å². The van der Waals surface area contributed by atoms with Crippen molar-refractivity contribution >= 4 is 11.5 Å². The first-order valence-corrected chi connectivity index (χ1v) is 11.8. The molecule has 2 aromatic rings. The minimum absolute atomic E-state index is 0.0106. The average Bonchev–Trinajstić information content (AvgIpc) is 3.24. The lowest BCUT2D eigenvalue weighted by atomic mass is 10.0. The molecule has 0 N–H and O–H groups in total. The van der Waals surface area contributed by atoms with Crippen molar-refractivity contribution < 1.29 is 28.1 Å². The molecule has 2 heterocycles.